The number of para-hydroxylation sites is 1. The van der Waals surface area contributed by atoms with Gasteiger partial charge in [0, 0.05) is 38.9 Å². The molecule has 2 rings (SSSR count). The van der Waals surface area contributed by atoms with Crippen LogP contribution in [0.2, 0.25) is 0 Å². The van der Waals surface area contributed by atoms with Crippen LogP contribution in [-0.2, 0) is 20.7 Å². The summed E-state index contributed by atoms with van der Waals surface area (Å²) in [4.78, 5) is 25.6. The number of aryl methyl sites for hydroxylation is 1. The largest absolute Gasteiger partial charge is 0.383 e. The molecule has 1 aromatic rings. The maximum absolute atomic E-state index is 12.1. The fourth-order valence-electron chi connectivity index (χ4n) is 2.46. The quantitative estimate of drug-likeness (QED) is 0.684. The normalized spacial score (nSPS) is 13.3. The molecule has 0 fully saturated rings. The summed E-state index contributed by atoms with van der Waals surface area (Å²) < 4.78 is 4.92. The van der Waals surface area contributed by atoms with E-state index in [1.54, 1.807) is 12.0 Å². The molecule has 128 valence electrons. The van der Waals surface area contributed by atoms with Gasteiger partial charge in [-0.05, 0) is 18.1 Å². The van der Waals surface area contributed by atoms with Crippen LogP contribution in [0.4, 0.5) is 5.69 Å². The molecule has 0 saturated heterocycles. The molecule has 0 aliphatic carbocycles. The zero-order valence-electron chi connectivity index (χ0n) is 13.3. The van der Waals surface area contributed by atoms with E-state index < -0.39 is 0 Å². The van der Waals surface area contributed by atoms with Gasteiger partial charge in [0.15, 0.2) is 0 Å². The zero-order chi connectivity index (χ0) is 15.8. The molecule has 2 N–H and O–H groups in total. The highest BCUT2D eigenvalue weighted by atomic mass is 35.5. The van der Waals surface area contributed by atoms with E-state index in [1.165, 1.54) is 0 Å². The van der Waals surface area contributed by atoms with Crippen molar-refractivity contribution in [1.82, 2.24) is 10.6 Å². The summed E-state index contributed by atoms with van der Waals surface area (Å²) in [6, 6.07) is 7.75. The molecule has 23 heavy (non-hydrogen) atoms. The average molecular weight is 342 g/mol. The summed E-state index contributed by atoms with van der Waals surface area (Å²) in [6.07, 6.45) is 1.21. The fraction of sp³-hybridized carbons (Fsp3) is 0.500. The molecular weight excluding hydrogens is 318 g/mol. The molecule has 6 nitrogen and oxygen atoms in total. The lowest BCUT2D eigenvalue weighted by molar-refractivity contribution is -0.124. The van der Waals surface area contributed by atoms with Crippen molar-refractivity contribution in [2.24, 2.45) is 0 Å². The number of methoxy groups -OCH3 is 1. The van der Waals surface area contributed by atoms with Gasteiger partial charge in [-0.2, -0.15) is 0 Å². The molecule has 1 aliphatic rings. The highest BCUT2D eigenvalue weighted by Gasteiger charge is 2.25. The van der Waals surface area contributed by atoms with Crippen molar-refractivity contribution in [2.75, 3.05) is 44.8 Å². The van der Waals surface area contributed by atoms with E-state index in [0.29, 0.717) is 26.1 Å². The number of carbonyl (C=O) groups is 2. The molecule has 0 unspecified atom stereocenters. The summed E-state index contributed by atoms with van der Waals surface area (Å²) in [5.74, 6) is -0.134. The number of benzene rings is 1. The lowest BCUT2D eigenvalue weighted by Gasteiger charge is -2.28. The molecule has 0 radical (unpaired) electrons. The third kappa shape index (κ3) is 5.82. The van der Waals surface area contributed by atoms with Gasteiger partial charge in [-0.15, -0.1) is 12.4 Å². The van der Waals surface area contributed by atoms with Crippen molar-refractivity contribution < 1.29 is 14.3 Å². The number of nitrogens with zero attached hydrogens (tertiary/aromatic N) is 1. The second-order valence-corrected chi connectivity index (χ2v) is 5.20. The van der Waals surface area contributed by atoms with E-state index >= 15 is 0 Å². The van der Waals surface area contributed by atoms with Gasteiger partial charge in [-0.25, -0.2) is 0 Å². The third-order valence-corrected chi connectivity index (χ3v) is 3.60. The van der Waals surface area contributed by atoms with E-state index in [0.717, 1.165) is 24.2 Å². The van der Waals surface area contributed by atoms with Crippen LogP contribution in [0.25, 0.3) is 0 Å². The van der Waals surface area contributed by atoms with Crippen LogP contribution in [0.5, 0.6) is 0 Å². The van der Waals surface area contributed by atoms with Gasteiger partial charge in [-0.3, -0.25) is 9.59 Å². The molecule has 1 heterocycles. The standard InChI is InChI=1S/C16H23N3O3.ClH/c1-22-11-10-17-8-9-18-15(20)12-19-14-5-3-2-4-13(14)6-7-16(19)21;/h2-5,17H,6-12H2,1H3,(H,18,20);1H. The van der Waals surface area contributed by atoms with Crippen molar-refractivity contribution >= 4 is 29.9 Å². The van der Waals surface area contributed by atoms with Crippen LogP contribution in [0.1, 0.15) is 12.0 Å². The first kappa shape index (κ1) is 19.4. The lowest BCUT2D eigenvalue weighted by Crippen LogP contribution is -2.44. The average Bonchev–Trinajstić information content (AvgIpc) is 2.53. The Morgan fingerprint density at radius 3 is 2.78 bits per heavy atom. The Morgan fingerprint density at radius 1 is 1.22 bits per heavy atom. The van der Waals surface area contributed by atoms with Crippen LogP contribution < -0.4 is 15.5 Å². The van der Waals surface area contributed by atoms with Crippen LogP contribution in [0.3, 0.4) is 0 Å². The molecule has 2 amide bonds. The summed E-state index contributed by atoms with van der Waals surface area (Å²) in [7, 11) is 1.65. The molecule has 1 aliphatic heterocycles. The van der Waals surface area contributed by atoms with E-state index in [2.05, 4.69) is 10.6 Å². The molecule has 1 aromatic carbocycles. The number of rotatable bonds is 8. The van der Waals surface area contributed by atoms with E-state index in [9.17, 15) is 9.59 Å². The number of amides is 2. The van der Waals surface area contributed by atoms with Crippen molar-refractivity contribution in [3.63, 3.8) is 0 Å². The van der Waals surface area contributed by atoms with Gasteiger partial charge in [-0.1, -0.05) is 18.2 Å². The Labute approximate surface area is 143 Å². The van der Waals surface area contributed by atoms with Gasteiger partial charge in [0.05, 0.1) is 6.61 Å². The van der Waals surface area contributed by atoms with Gasteiger partial charge < -0.3 is 20.3 Å². The SMILES string of the molecule is COCCNCCNC(=O)CN1C(=O)CCc2ccccc21.Cl. The Kier molecular flexibility index (Phi) is 8.61. The van der Waals surface area contributed by atoms with Crippen LogP contribution in [0, 0.1) is 0 Å². The lowest BCUT2D eigenvalue weighted by atomic mass is 10.0. The topological polar surface area (TPSA) is 70.7 Å². The Bertz CT molecular complexity index is 525. The van der Waals surface area contributed by atoms with Gasteiger partial charge in [0.2, 0.25) is 11.8 Å². The van der Waals surface area contributed by atoms with Gasteiger partial charge >= 0.3 is 0 Å². The Hall–Kier alpha value is -1.63. The number of ether oxygens (including phenoxy) is 1. The zero-order valence-corrected chi connectivity index (χ0v) is 14.2. The first-order chi connectivity index (χ1) is 10.7. The van der Waals surface area contributed by atoms with Crippen molar-refractivity contribution in [2.45, 2.75) is 12.8 Å². The number of carbonyl (C=O) groups excluding carboxylic acids is 2. The van der Waals surface area contributed by atoms with E-state index in [1.807, 2.05) is 24.3 Å². The summed E-state index contributed by atoms with van der Waals surface area (Å²) in [6.45, 7) is 2.69. The van der Waals surface area contributed by atoms with Crippen LogP contribution in [0.15, 0.2) is 24.3 Å². The smallest absolute Gasteiger partial charge is 0.240 e. The minimum Gasteiger partial charge on any atom is -0.383 e. The maximum Gasteiger partial charge on any atom is 0.240 e. The number of hydrogen-bond acceptors (Lipinski definition) is 4. The molecule has 0 atom stereocenters. The Morgan fingerprint density at radius 2 is 2.00 bits per heavy atom. The monoisotopic (exact) mass is 341 g/mol. The number of nitrogens with one attached hydrogen (secondary N) is 2. The highest BCUT2D eigenvalue weighted by molar-refractivity contribution is 6.00. The van der Waals surface area contributed by atoms with E-state index in [4.69, 9.17) is 4.74 Å². The minimum atomic E-state index is -0.140. The number of halogens is 1. The van der Waals surface area contributed by atoms with Crippen molar-refractivity contribution in [3.8, 4) is 0 Å². The number of fused-ring (bicyclic) bond motifs is 1. The molecule has 0 saturated carbocycles. The van der Waals surface area contributed by atoms with E-state index in [-0.39, 0.29) is 30.8 Å². The predicted molar refractivity (Wildman–Crippen MR) is 92.1 cm³/mol. The molecule has 0 aromatic heterocycles. The van der Waals surface area contributed by atoms with Gasteiger partial charge in [0.1, 0.15) is 6.54 Å². The van der Waals surface area contributed by atoms with Gasteiger partial charge in [0.25, 0.3) is 0 Å². The number of anilines is 1. The Balaban J connectivity index is 0.00000264. The molecular formula is C16H24ClN3O3. The fourth-order valence-corrected chi connectivity index (χ4v) is 2.46. The second kappa shape index (κ2) is 10.2. The minimum absolute atomic E-state index is 0. The first-order valence-corrected chi connectivity index (χ1v) is 7.57. The van der Waals surface area contributed by atoms with Crippen molar-refractivity contribution in [1.29, 1.82) is 0 Å². The van der Waals surface area contributed by atoms with Crippen LogP contribution in [-0.4, -0.2) is 51.7 Å². The summed E-state index contributed by atoms with van der Waals surface area (Å²) in [5, 5.41) is 5.97. The predicted octanol–water partition coefficient (Wildman–Crippen LogP) is 0.740. The van der Waals surface area contributed by atoms with Crippen LogP contribution >= 0.6 is 12.4 Å². The molecule has 0 bridgehead atoms. The highest BCUT2D eigenvalue weighted by Crippen LogP contribution is 2.26. The maximum atomic E-state index is 12.1. The molecule has 7 heteroatoms. The second-order valence-electron chi connectivity index (χ2n) is 5.20. The van der Waals surface area contributed by atoms with Crippen molar-refractivity contribution in [3.05, 3.63) is 29.8 Å². The summed E-state index contributed by atoms with van der Waals surface area (Å²) >= 11 is 0. The third-order valence-electron chi connectivity index (χ3n) is 3.60. The first-order valence-electron chi connectivity index (χ1n) is 7.57. The number of hydrogen-bond donors (Lipinski definition) is 2. The molecule has 0 spiro atoms. The summed E-state index contributed by atoms with van der Waals surface area (Å²) in [5.41, 5.74) is 1.98.